The minimum absolute atomic E-state index is 0.0256. The third-order valence-electron chi connectivity index (χ3n) is 6.32. The van der Waals surface area contributed by atoms with E-state index in [0.717, 1.165) is 29.9 Å². The number of anilines is 1. The minimum atomic E-state index is -0.180. The molecule has 0 radical (unpaired) electrons. The molecule has 0 saturated carbocycles. The van der Waals surface area contributed by atoms with E-state index in [0.29, 0.717) is 30.0 Å². The average Bonchev–Trinajstić information content (AvgIpc) is 3.19. The zero-order chi connectivity index (χ0) is 23.8. The molecule has 33 heavy (non-hydrogen) atoms. The van der Waals surface area contributed by atoms with E-state index in [1.54, 1.807) is 24.5 Å². The van der Waals surface area contributed by atoms with Gasteiger partial charge < -0.3 is 10.2 Å². The molecular formula is C25H32N6O2. The van der Waals surface area contributed by atoms with Crippen LogP contribution in [-0.2, 0) is 0 Å². The van der Waals surface area contributed by atoms with E-state index in [4.69, 9.17) is 0 Å². The fourth-order valence-electron chi connectivity index (χ4n) is 4.26. The number of aryl methyl sites for hydroxylation is 1. The predicted molar refractivity (Wildman–Crippen MR) is 131 cm³/mol. The molecule has 1 amide bonds. The summed E-state index contributed by atoms with van der Waals surface area (Å²) in [4.78, 5) is 34.6. The summed E-state index contributed by atoms with van der Waals surface area (Å²) in [6.45, 7) is 11.7. The summed E-state index contributed by atoms with van der Waals surface area (Å²) < 4.78 is 1.40. The number of H-pyrrole nitrogens is 1. The largest absolute Gasteiger partial charge is 0.388 e. The molecule has 0 bridgehead atoms. The highest BCUT2D eigenvalue weighted by Gasteiger charge is 2.28. The van der Waals surface area contributed by atoms with Crippen LogP contribution in [0.5, 0.6) is 0 Å². The second-order valence-corrected chi connectivity index (χ2v) is 9.46. The molecule has 8 heteroatoms. The van der Waals surface area contributed by atoms with Gasteiger partial charge in [-0.3, -0.25) is 19.6 Å². The van der Waals surface area contributed by atoms with Crippen molar-refractivity contribution in [3.63, 3.8) is 0 Å². The molecule has 1 fully saturated rings. The molecule has 8 nitrogen and oxygen atoms in total. The van der Waals surface area contributed by atoms with Gasteiger partial charge in [0.05, 0.1) is 11.1 Å². The Morgan fingerprint density at radius 3 is 2.36 bits per heavy atom. The lowest BCUT2D eigenvalue weighted by Crippen LogP contribution is -2.54. The molecule has 2 N–H and O–H groups in total. The Kier molecular flexibility index (Phi) is 6.12. The van der Waals surface area contributed by atoms with Gasteiger partial charge in [-0.1, -0.05) is 6.07 Å². The first-order valence-corrected chi connectivity index (χ1v) is 11.3. The van der Waals surface area contributed by atoms with E-state index < -0.39 is 0 Å². The van der Waals surface area contributed by atoms with E-state index in [2.05, 4.69) is 41.1 Å². The summed E-state index contributed by atoms with van der Waals surface area (Å²) in [5.74, 6) is 0.423. The van der Waals surface area contributed by atoms with Crippen molar-refractivity contribution in [1.29, 1.82) is 0 Å². The first-order chi connectivity index (χ1) is 15.7. The van der Waals surface area contributed by atoms with Gasteiger partial charge in [0.2, 0.25) is 0 Å². The maximum atomic E-state index is 13.1. The fraction of sp³-hybridized carbons (Fsp3) is 0.400. The van der Waals surface area contributed by atoms with Gasteiger partial charge in [-0.15, -0.1) is 0 Å². The number of hydrogen-bond acceptors (Lipinski definition) is 5. The van der Waals surface area contributed by atoms with Gasteiger partial charge in [0.25, 0.3) is 11.5 Å². The molecule has 1 aromatic carbocycles. The van der Waals surface area contributed by atoms with E-state index in [9.17, 15) is 9.59 Å². The highest BCUT2D eigenvalue weighted by molar-refractivity contribution is 5.94. The number of aromatic amines is 1. The Morgan fingerprint density at radius 1 is 1.06 bits per heavy atom. The number of piperazine rings is 1. The van der Waals surface area contributed by atoms with Crippen LogP contribution in [0.15, 0.2) is 47.5 Å². The predicted octanol–water partition coefficient (Wildman–Crippen LogP) is 3.13. The molecule has 0 unspecified atom stereocenters. The Morgan fingerprint density at radius 2 is 1.79 bits per heavy atom. The zero-order valence-corrected chi connectivity index (χ0v) is 20.0. The molecule has 3 heterocycles. The smallest absolute Gasteiger partial charge is 0.280 e. The molecule has 1 saturated heterocycles. The van der Waals surface area contributed by atoms with Gasteiger partial charge >= 0.3 is 0 Å². The van der Waals surface area contributed by atoms with Crippen molar-refractivity contribution in [2.75, 3.05) is 38.5 Å². The van der Waals surface area contributed by atoms with Crippen LogP contribution in [0.2, 0.25) is 0 Å². The van der Waals surface area contributed by atoms with Crippen molar-refractivity contribution in [1.82, 2.24) is 24.6 Å². The molecule has 174 valence electrons. The monoisotopic (exact) mass is 448 g/mol. The molecule has 0 spiro atoms. The Bertz CT molecular complexity index is 1190. The van der Waals surface area contributed by atoms with Crippen LogP contribution in [0.3, 0.4) is 0 Å². The molecule has 3 aromatic rings. The maximum absolute atomic E-state index is 13.1. The lowest BCUT2D eigenvalue weighted by molar-refractivity contribution is 0.0451. The molecular weight excluding hydrogens is 416 g/mol. The van der Waals surface area contributed by atoms with Crippen LogP contribution < -0.4 is 10.9 Å². The molecule has 1 aliphatic rings. The number of carbonyl (C=O) groups excluding carboxylic acids is 1. The number of aromatic nitrogens is 3. The number of pyridine rings is 1. The second-order valence-electron chi connectivity index (χ2n) is 9.46. The van der Waals surface area contributed by atoms with E-state index in [-0.39, 0.29) is 17.0 Å². The number of nitrogens with zero attached hydrogens (tertiary/aromatic N) is 4. The summed E-state index contributed by atoms with van der Waals surface area (Å²) in [5.41, 5.74) is 3.90. The van der Waals surface area contributed by atoms with Crippen LogP contribution in [0.25, 0.3) is 16.9 Å². The standard InChI is InChI=1S/C25H32N6O2/c1-17-14-19(26-5)7-8-20(17)21-16-28-31(24(21)33)22-9-6-18(15-27-22)23(32)29-10-12-30(13-11-29)25(2,3)4/h6-9,14-16,26,28H,10-13H2,1-5H3. The van der Waals surface area contributed by atoms with Gasteiger partial charge in [0, 0.05) is 56.8 Å². The van der Waals surface area contributed by atoms with Crippen LogP contribution in [0.1, 0.15) is 36.7 Å². The van der Waals surface area contributed by atoms with Crippen molar-refractivity contribution >= 4 is 11.6 Å². The van der Waals surface area contributed by atoms with Gasteiger partial charge in [-0.25, -0.2) is 9.67 Å². The van der Waals surface area contributed by atoms with Crippen molar-refractivity contribution in [2.24, 2.45) is 0 Å². The van der Waals surface area contributed by atoms with Crippen LogP contribution >= 0.6 is 0 Å². The topological polar surface area (TPSA) is 86.3 Å². The number of amides is 1. The number of benzene rings is 1. The summed E-state index contributed by atoms with van der Waals surface area (Å²) in [6.07, 6.45) is 3.24. The lowest BCUT2D eigenvalue weighted by atomic mass is 10.0. The summed E-state index contributed by atoms with van der Waals surface area (Å²) in [5, 5.41) is 6.11. The molecule has 1 aliphatic heterocycles. The van der Waals surface area contributed by atoms with Crippen molar-refractivity contribution < 1.29 is 4.79 Å². The van der Waals surface area contributed by atoms with Crippen molar-refractivity contribution in [3.05, 3.63) is 64.2 Å². The maximum Gasteiger partial charge on any atom is 0.280 e. The first-order valence-electron chi connectivity index (χ1n) is 11.3. The summed E-state index contributed by atoms with van der Waals surface area (Å²) in [7, 11) is 1.86. The summed E-state index contributed by atoms with van der Waals surface area (Å²) in [6, 6.07) is 9.33. The molecule has 0 aliphatic carbocycles. The van der Waals surface area contributed by atoms with Gasteiger partial charge in [-0.2, -0.15) is 0 Å². The second kappa shape index (κ2) is 8.86. The van der Waals surface area contributed by atoms with Crippen molar-refractivity contribution in [3.8, 4) is 16.9 Å². The van der Waals surface area contributed by atoms with Crippen LogP contribution in [0, 0.1) is 6.92 Å². The third kappa shape index (κ3) is 4.57. The van der Waals surface area contributed by atoms with E-state index >= 15 is 0 Å². The number of nitrogens with one attached hydrogen (secondary N) is 2. The van der Waals surface area contributed by atoms with Gasteiger partial charge in [0.1, 0.15) is 0 Å². The number of rotatable bonds is 4. The highest BCUT2D eigenvalue weighted by Crippen LogP contribution is 2.23. The Labute approximate surface area is 194 Å². The van der Waals surface area contributed by atoms with Gasteiger partial charge in [0.15, 0.2) is 5.82 Å². The number of hydrogen-bond donors (Lipinski definition) is 2. The van der Waals surface area contributed by atoms with Crippen LogP contribution in [0.4, 0.5) is 5.69 Å². The van der Waals surface area contributed by atoms with E-state index in [1.165, 1.54) is 4.68 Å². The average molecular weight is 449 g/mol. The number of carbonyl (C=O) groups is 1. The highest BCUT2D eigenvalue weighted by atomic mass is 16.2. The fourth-order valence-corrected chi connectivity index (χ4v) is 4.26. The lowest BCUT2D eigenvalue weighted by Gasteiger charge is -2.42. The Hall–Kier alpha value is -3.39. The molecule has 4 rings (SSSR count). The summed E-state index contributed by atoms with van der Waals surface area (Å²) >= 11 is 0. The first kappa shape index (κ1) is 22.8. The molecule has 2 aromatic heterocycles. The normalized spacial score (nSPS) is 15.0. The molecule has 0 atom stereocenters. The SMILES string of the molecule is CNc1ccc(-c2c[nH]n(-c3ccc(C(=O)N4CCN(C(C)(C)C)CC4)cn3)c2=O)c(C)c1. The quantitative estimate of drug-likeness (QED) is 0.640. The van der Waals surface area contributed by atoms with Gasteiger partial charge in [-0.05, 0) is 63.1 Å². The zero-order valence-electron chi connectivity index (χ0n) is 20.0. The van der Waals surface area contributed by atoms with Crippen molar-refractivity contribution in [2.45, 2.75) is 33.2 Å². The van der Waals surface area contributed by atoms with E-state index in [1.807, 2.05) is 37.1 Å². The Balaban J connectivity index is 1.50. The minimum Gasteiger partial charge on any atom is -0.388 e. The third-order valence-corrected chi connectivity index (χ3v) is 6.32. The van der Waals surface area contributed by atoms with Crippen LogP contribution in [-0.4, -0.2) is 69.2 Å².